The number of carbonyl (C=O) groups is 1. The molecule has 0 atom stereocenters. The van der Waals surface area contributed by atoms with Gasteiger partial charge >= 0.3 is 0 Å². The number of nitrogens with one attached hydrogen (secondary N) is 1. The molecule has 0 fully saturated rings. The lowest BCUT2D eigenvalue weighted by molar-refractivity contribution is 0.102. The lowest BCUT2D eigenvalue weighted by Gasteiger charge is -2.11. The smallest absolute Gasteiger partial charge is 0.259 e. The number of benzene rings is 2. The molecule has 0 aliphatic heterocycles. The molecule has 3 heteroatoms. The van der Waals surface area contributed by atoms with E-state index in [0.717, 1.165) is 5.69 Å². The molecule has 0 spiro atoms. The lowest BCUT2D eigenvalue weighted by atomic mass is 10.2. The first-order valence-corrected chi connectivity index (χ1v) is 6.15. The Morgan fingerprint density at radius 1 is 1.05 bits per heavy atom. The van der Waals surface area contributed by atoms with E-state index < -0.39 is 0 Å². The Hall–Kier alpha value is -2.81. The highest BCUT2D eigenvalue weighted by molar-refractivity contribution is 6.06. The van der Waals surface area contributed by atoms with Gasteiger partial charge in [0.05, 0.1) is 5.56 Å². The molecule has 2 aromatic carbocycles. The van der Waals surface area contributed by atoms with Crippen molar-refractivity contribution in [2.45, 2.75) is 0 Å². The summed E-state index contributed by atoms with van der Waals surface area (Å²) < 4.78 is 5.48. The second-order valence-electron chi connectivity index (χ2n) is 4.09. The third kappa shape index (κ3) is 3.36. The molecule has 0 aromatic heterocycles. The molecule has 0 saturated heterocycles. The highest BCUT2D eigenvalue weighted by atomic mass is 16.5. The van der Waals surface area contributed by atoms with Crippen LogP contribution in [-0.4, -0.2) is 5.91 Å². The van der Waals surface area contributed by atoms with Crippen molar-refractivity contribution >= 4 is 11.6 Å². The van der Waals surface area contributed by atoms with Gasteiger partial charge < -0.3 is 10.1 Å². The summed E-state index contributed by atoms with van der Waals surface area (Å²) in [5.41, 5.74) is 1.18. The molecule has 0 saturated carbocycles. The van der Waals surface area contributed by atoms with Crippen LogP contribution in [-0.2, 0) is 0 Å². The number of ether oxygens (including phenoxy) is 1. The van der Waals surface area contributed by atoms with E-state index in [1.807, 2.05) is 30.3 Å². The van der Waals surface area contributed by atoms with Crippen molar-refractivity contribution in [2.24, 2.45) is 0 Å². The fourth-order valence-electron chi connectivity index (χ4n) is 1.65. The third-order valence-electron chi connectivity index (χ3n) is 2.63. The number of hydrogen-bond donors (Lipinski definition) is 1. The summed E-state index contributed by atoms with van der Waals surface area (Å²) in [6, 6.07) is 16.2. The van der Waals surface area contributed by atoms with Crippen LogP contribution in [0, 0.1) is 0 Å². The summed E-state index contributed by atoms with van der Waals surface area (Å²) in [6.07, 6.45) is 1.49. The summed E-state index contributed by atoms with van der Waals surface area (Å²) in [5.74, 6) is 0.611. The Labute approximate surface area is 118 Å². The van der Waals surface area contributed by atoms with Crippen LogP contribution in [0.25, 0.3) is 0 Å². The van der Waals surface area contributed by atoms with Crippen LogP contribution >= 0.6 is 0 Å². The topological polar surface area (TPSA) is 38.3 Å². The van der Waals surface area contributed by atoms with E-state index in [9.17, 15) is 4.79 Å². The van der Waals surface area contributed by atoms with Gasteiger partial charge in [-0.05, 0) is 30.3 Å². The molecule has 0 heterocycles. The lowest BCUT2D eigenvalue weighted by Crippen LogP contribution is -2.13. The zero-order valence-corrected chi connectivity index (χ0v) is 11.0. The molecule has 3 nitrogen and oxygen atoms in total. The van der Waals surface area contributed by atoms with Gasteiger partial charge in [-0.3, -0.25) is 4.79 Å². The van der Waals surface area contributed by atoms with Gasteiger partial charge in [-0.25, -0.2) is 0 Å². The SMILES string of the molecule is C=CC(=C)Oc1ccccc1C(=O)Nc1ccccc1. The number of rotatable bonds is 5. The van der Waals surface area contributed by atoms with E-state index in [4.69, 9.17) is 4.74 Å². The van der Waals surface area contributed by atoms with Crippen molar-refractivity contribution in [1.29, 1.82) is 0 Å². The number of hydrogen-bond acceptors (Lipinski definition) is 2. The molecule has 1 N–H and O–H groups in total. The minimum absolute atomic E-state index is 0.233. The summed E-state index contributed by atoms with van der Waals surface area (Å²) in [4.78, 5) is 12.3. The van der Waals surface area contributed by atoms with Crippen molar-refractivity contribution in [1.82, 2.24) is 0 Å². The van der Waals surface area contributed by atoms with Gasteiger partial charge in [-0.15, -0.1) is 0 Å². The number of anilines is 1. The Morgan fingerprint density at radius 3 is 2.40 bits per heavy atom. The number of amides is 1. The summed E-state index contributed by atoms with van der Waals surface area (Å²) in [6.45, 7) is 7.25. The minimum atomic E-state index is -0.233. The molecule has 1 amide bonds. The zero-order chi connectivity index (χ0) is 14.4. The summed E-state index contributed by atoms with van der Waals surface area (Å²) in [7, 11) is 0. The van der Waals surface area contributed by atoms with Gasteiger partial charge in [0, 0.05) is 5.69 Å². The molecule has 0 radical (unpaired) electrons. The highest BCUT2D eigenvalue weighted by Crippen LogP contribution is 2.21. The van der Waals surface area contributed by atoms with E-state index >= 15 is 0 Å². The average Bonchev–Trinajstić information content (AvgIpc) is 2.48. The van der Waals surface area contributed by atoms with Crippen LogP contribution in [0.3, 0.4) is 0 Å². The van der Waals surface area contributed by atoms with Gasteiger partial charge in [-0.2, -0.15) is 0 Å². The number of allylic oxidation sites excluding steroid dienone is 1. The maximum atomic E-state index is 12.3. The second-order valence-corrected chi connectivity index (χ2v) is 4.09. The quantitative estimate of drug-likeness (QED) is 0.655. The molecule has 100 valence electrons. The van der Waals surface area contributed by atoms with Crippen LogP contribution in [0.2, 0.25) is 0 Å². The average molecular weight is 265 g/mol. The predicted molar refractivity (Wildman–Crippen MR) is 80.8 cm³/mol. The van der Waals surface area contributed by atoms with E-state index in [-0.39, 0.29) is 5.91 Å². The molecular weight excluding hydrogens is 250 g/mol. The fraction of sp³-hybridized carbons (Fsp3) is 0. The van der Waals surface area contributed by atoms with Crippen molar-refractivity contribution in [3.05, 3.63) is 85.2 Å². The van der Waals surface area contributed by atoms with Crippen LogP contribution < -0.4 is 10.1 Å². The molecular formula is C17H15NO2. The van der Waals surface area contributed by atoms with Crippen molar-refractivity contribution < 1.29 is 9.53 Å². The first-order valence-electron chi connectivity index (χ1n) is 6.15. The Morgan fingerprint density at radius 2 is 1.70 bits per heavy atom. The largest absolute Gasteiger partial charge is 0.457 e. The predicted octanol–water partition coefficient (Wildman–Crippen LogP) is 4.02. The standard InChI is InChI=1S/C17H15NO2/c1-3-13(2)20-16-12-8-7-11-15(16)17(19)18-14-9-5-4-6-10-14/h3-12H,1-2H2,(H,18,19). The minimum Gasteiger partial charge on any atom is -0.457 e. The molecule has 0 aliphatic carbocycles. The third-order valence-corrected chi connectivity index (χ3v) is 2.63. The molecule has 2 rings (SSSR count). The Bertz CT molecular complexity index is 632. The first-order chi connectivity index (χ1) is 9.70. The van der Waals surface area contributed by atoms with Crippen molar-refractivity contribution in [3.63, 3.8) is 0 Å². The van der Waals surface area contributed by atoms with Gasteiger partial charge in [0.2, 0.25) is 0 Å². The van der Waals surface area contributed by atoms with Gasteiger partial charge in [0.1, 0.15) is 11.5 Å². The Balaban J connectivity index is 2.21. The molecule has 0 unspecified atom stereocenters. The number of para-hydroxylation sites is 2. The van der Waals surface area contributed by atoms with Crippen LogP contribution in [0.5, 0.6) is 5.75 Å². The first kappa shape index (κ1) is 13.6. The van der Waals surface area contributed by atoms with Crippen LogP contribution in [0.4, 0.5) is 5.69 Å². The molecule has 0 aliphatic rings. The summed E-state index contributed by atoms with van der Waals surface area (Å²) >= 11 is 0. The maximum Gasteiger partial charge on any atom is 0.259 e. The maximum absolute atomic E-state index is 12.3. The molecule has 20 heavy (non-hydrogen) atoms. The molecule has 0 bridgehead atoms. The van der Waals surface area contributed by atoms with Crippen LogP contribution in [0.1, 0.15) is 10.4 Å². The van der Waals surface area contributed by atoms with Gasteiger partial charge in [0.15, 0.2) is 0 Å². The second kappa shape index (κ2) is 6.38. The van der Waals surface area contributed by atoms with Crippen LogP contribution in [0.15, 0.2) is 79.6 Å². The van der Waals surface area contributed by atoms with Crippen molar-refractivity contribution in [3.8, 4) is 5.75 Å². The van der Waals surface area contributed by atoms with Crippen molar-refractivity contribution in [2.75, 3.05) is 5.32 Å². The van der Waals surface area contributed by atoms with Gasteiger partial charge in [0.25, 0.3) is 5.91 Å². The number of carbonyl (C=O) groups excluding carboxylic acids is 1. The Kier molecular flexibility index (Phi) is 4.35. The van der Waals surface area contributed by atoms with E-state index in [1.165, 1.54) is 6.08 Å². The highest BCUT2D eigenvalue weighted by Gasteiger charge is 2.12. The normalized spacial score (nSPS) is 9.60. The van der Waals surface area contributed by atoms with E-state index in [1.54, 1.807) is 24.3 Å². The van der Waals surface area contributed by atoms with Gasteiger partial charge in [-0.1, -0.05) is 43.5 Å². The zero-order valence-electron chi connectivity index (χ0n) is 11.0. The molecule has 2 aromatic rings. The van der Waals surface area contributed by atoms with E-state index in [2.05, 4.69) is 18.5 Å². The fourth-order valence-corrected chi connectivity index (χ4v) is 1.65. The monoisotopic (exact) mass is 265 g/mol. The summed E-state index contributed by atoms with van der Waals surface area (Å²) in [5, 5.41) is 2.82. The van der Waals surface area contributed by atoms with E-state index in [0.29, 0.717) is 17.1 Å².